The van der Waals surface area contributed by atoms with Crippen LogP contribution in [0.5, 0.6) is 0 Å². The number of nitrogens with zero attached hydrogens (tertiary/aromatic N) is 1. The smallest absolute Gasteiger partial charge is 0.0448 e. The Morgan fingerprint density at radius 2 is 2.21 bits per heavy atom. The van der Waals surface area contributed by atoms with Crippen molar-refractivity contribution >= 4 is 27.7 Å². The first kappa shape index (κ1) is 9.78. The zero-order chi connectivity index (χ0) is 10.1. The normalized spacial score (nSPS) is 19.6. The Morgan fingerprint density at radius 3 is 2.93 bits per heavy atom. The molecule has 0 spiro atoms. The lowest BCUT2D eigenvalue weighted by Crippen LogP contribution is -2.33. The van der Waals surface area contributed by atoms with Gasteiger partial charge < -0.3 is 4.90 Å². The maximum atomic E-state index is 3.49. The molecule has 2 rings (SSSR count). The highest BCUT2D eigenvalue weighted by Crippen LogP contribution is 2.30. The van der Waals surface area contributed by atoms with Gasteiger partial charge in [-0.3, -0.25) is 0 Å². The van der Waals surface area contributed by atoms with Gasteiger partial charge in [0.1, 0.15) is 0 Å². The maximum Gasteiger partial charge on any atom is 0.0448 e. The molecule has 1 aliphatic rings. The van der Waals surface area contributed by atoms with Crippen LogP contribution in [0.25, 0.3) is 6.08 Å². The van der Waals surface area contributed by atoms with Crippen LogP contribution in [0.4, 0.5) is 5.69 Å². The summed E-state index contributed by atoms with van der Waals surface area (Å²) in [6.45, 7) is 5.48. The summed E-state index contributed by atoms with van der Waals surface area (Å²) in [6.07, 6.45) is 4.45. The number of fused-ring (bicyclic) bond motifs is 1. The zero-order valence-electron chi connectivity index (χ0n) is 8.50. The molecule has 1 unspecified atom stereocenters. The second-order valence-corrected chi connectivity index (χ2v) is 4.50. The highest BCUT2D eigenvalue weighted by atomic mass is 79.9. The largest absolute Gasteiger partial charge is 0.365 e. The lowest BCUT2D eigenvalue weighted by molar-refractivity contribution is 0.753. The van der Waals surface area contributed by atoms with Crippen molar-refractivity contribution in [2.45, 2.75) is 19.9 Å². The molecule has 0 radical (unpaired) electrons. The molecular weight excluding hydrogens is 238 g/mol. The van der Waals surface area contributed by atoms with Gasteiger partial charge in [-0.1, -0.05) is 28.1 Å². The first-order chi connectivity index (χ1) is 6.72. The van der Waals surface area contributed by atoms with Gasteiger partial charge in [-0.15, -0.1) is 0 Å². The number of halogens is 1. The van der Waals surface area contributed by atoms with Crippen molar-refractivity contribution in [3.63, 3.8) is 0 Å². The van der Waals surface area contributed by atoms with E-state index in [4.69, 9.17) is 0 Å². The van der Waals surface area contributed by atoms with Crippen LogP contribution in [0.3, 0.4) is 0 Å². The van der Waals surface area contributed by atoms with E-state index >= 15 is 0 Å². The molecule has 1 heterocycles. The van der Waals surface area contributed by atoms with E-state index in [1.807, 2.05) is 0 Å². The Labute approximate surface area is 93.6 Å². The average molecular weight is 252 g/mol. The lowest BCUT2D eigenvalue weighted by atomic mass is 10.0. The monoisotopic (exact) mass is 251 g/mol. The van der Waals surface area contributed by atoms with E-state index in [2.05, 4.69) is 65.0 Å². The van der Waals surface area contributed by atoms with Crippen LogP contribution in [0.15, 0.2) is 28.7 Å². The Bertz CT molecular complexity index is 371. The van der Waals surface area contributed by atoms with Crippen molar-refractivity contribution in [3.05, 3.63) is 34.3 Å². The maximum absolute atomic E-state index is 3.49. The number of hydrogen-bond acceptors (Lipinski definition) is 1. The second-order valence-electron chi connectivity index (χ2n) is 3.59. The third kappa shape index (κ3) is 1.59. The molecule has 2 heteroatoms. The van der Waals surface area contributed by atoms with Gasteiger partial charge in [-0.2, -0.15) is 0 Å². The van der Waals surface area contributed by atoms with E-state index in [0.29, 0.717) is 6.04 Å². The van der Waals surface area contributed by atoms with Gasteiger partial charge in [0.05, 0.1) is 0 Å². The van der Waals surface area contributed by atoms with Crippen molar-refractivity contribution in [1.82, 2.24) is 0 Å². The average Bonchev–Trinajstić information content (AvgIpc) is 2.18. The third-order valence-electron chi connectivity index (χ3n) is 2.69. The summed E-state index contributed by atoms with van der Waals surface area (Å²) in [5, 5.41) is 0. The van der Waals surface area contributed by atoms with Crippen molar-refractivity contribution in [2.75, 3.05) is 11.4 Å². The minimum absolute atomic E-state index is 0.508. The molecule has 0 saturated heterocycles. The summed E-state index contributed by atoms with van der Waals surface area (Å²) in [7, 11) is 0. The van der Waals surface area contributed by atoms with Crippen LogP contribution < -0.4 is 4.90 Å². The molecule has 1 aliphatic heterocycles. The highest BCUT2D eigenvalue weighted by molar-refractivity contribution is 9.10. The minimum atomic E-state index is 0.508. The fraction of sp³-hybridized carbons (Fsp3) is 0.333. The van der Waals surface area contributed by atoms with Gasteiger partial charge in [0.2, 0.25) is 0 Å². The van der Waals surface area contributed by atoms with E-state index in [9.17, 15) is 0 Å². The summed E-state index contributed by atoms with van der Waals surface area (Å²) in [5.41, 5.74) is 2.64. The van der Waals surface area contributed by atoms with E-state index in [1.54, 1.807) is 0 Å². The topological polar surface area (TPSA) is 3.24 Å². The van der Waals surface area contributed by atoms with Gasteiger partial charge in [-0.25, -0.2) is 0 Å². The predicted octanol–water partition coefficient (Wildman–Crippen LogP) is 3.69. The van der Waals surface area contributed by atoms with E-state index in [0.717, 1.165) is 11.0 Å². The van der Waals surface area contributed by atoms with Crippen LogP contribution in [0.1, 0.15) is 19.4 Å². The number of rotatable bonds is 1. The molecule has 1 aromatic carbocycles. The van der Waals surface area contributed by atoms with E-state index < -0.39 is 0 Å². The Morgan fingerprint density at radius 1 is 1.43 bits per heavy atom. The van der Waals surface area contributed by atoms with Crippen molar-refractivity contribution in [3.8, 4) is 0 Å². The number of benzene rings is 1. The lowest BCUT2D eigenvalue weighted by Gasteiger charge is -2.32. The Kier molecular flexibility index (Phi) is 2.64. The number of likely N-dealkylation sites (N-methyl/N-ethyl adjacent to an activating group) is 1. The SMILES string of the molecule is CCN1c2ccc(Br)cc2C=CC1C. The summed E-state index contributed by atoms with van der Waals surface area (Å²) in [5.74, 6) is 0. The summed E-state index contributed by atoms with van der Waals surface area (Å²) >= 11 is 3.49. The van der Waals surface area contributed by atoms with Gasteiger partial charge in [0.15, 0.2) is 0 Å². The molecular formula is C12H14BrN. The van der Waals surface area contributed by atoms with Gasteiger partial charge in [0.25, 0.3) is 0 Å². The van der Waals surface area contributed by atoms with Gasteiger partial charge in [-0.05, 0) is 37.6 Å². The van der Waals surface area contributed by atoms with Crippen molar-refractivity contribution in [2.24, 2.45) is 0 Å². The number of hydrogen-bond donors (Lipinski definition) is 0. The first-order valence-corrected chi connectivity index (χ1v) is 5.76. The number of anilines is 1. The fourth-order valence-corrected chi connectivity index (χ4v) is 2.32. The molecule has 0 amide bonds. The molecule has 0 N–H and O–H groups in total. The summed E-state index contributed by atoms with van der Waals surface area (Å²) in [6, 6.07) is 6.96. The predicted molar refractivity (Wildman–Crippen MR) is 65.7 cm³/mol. The van der Waals surface area contributed by atoms with Crippen LogP contribution in [0, 0.1) is 0 Å². The Hall–Kier alpha value is -0.760. The summed E-state index contributed by atoms with van der Waals surface area (Å²) < 4.78 is 1.14. The third-order valence-corrected chi connectivity index (χ3v) is 3.18. The molecule has 0 saturated carbocycles. The van der Waals surface area contributed by atoms with Crippen molar-refractivity contribution in [1.29, 1.82) is 0 Å². The molecule has 0 aromatic heterocycles. The van der Waals surface area contributed by atoms with E-state index in [1.165, 1.54) is 11.3 Å². The fourth-order valence-electron chi connectivity index (χ4n) is 1.94. The van der Waals surface area contributed by atoms with Gasteiger partial charge >= 0.3 is 0 Å². The molecule has 1 atom stereocenters. The summed E-state index contributed by atoms with van der Waals surface area (Å²) in [4.78, 5) is 2.40. The van der Waals surface area contributed by atoms with Crippen molar-refractivity contribution < 1.29 is 0 Å². The van der Waals surface area contributed by atoms with Crippen LogP contribution in [-0.2, 0) is 0 Å². The molecule has 74 valence electrons. The molecule has 1 aromatic rings. The van der Waals surface area contributed by atoms with Crippen LogP contribution in [-0.4, -0.2) is 12.6 Å². The second kappa shape index (κ2) is 3.77. The first-order valence-electron chi connectivity index (χ1n) is 4.96. The van der Waals surface area contributed by atoms with Crippen LogP contribution >= 0.6 is 15.9 Å². The van der Waals surface area contributed by atoms with Gasteiger partial charge in [0, 0.05) is 22.7 Å². The minimum Gasteiger partial charge on any atom is -0.365 e. The molecule has 0 fully saturated rings. The quantitative estimate of drug-likeness (QED) is 0.736. The molecule has 0 aliphatic carbocycles. The Balaban J connectivity index is 2.49. The van der Waals surface area contributed by atoms with Crippen LogP contribution in [0.2, 0.25) is 0 Å². The standard InChI is InChI=1S/C12H14BrN/c1-3-14-9(2)4-5-10-8-11(13)6-7-12(10)14/h4-9H,3H2,1-2H3. The molecule has 0 bridgehead atoms. The zero-order valence-corrected chi connectivity index (χ0v) is 10.1. The highest BCUT2D eigenvalue weighted by Gasteiger charge is 2.16. The molecule has 14 heavy (non-hydrogen) atoms. The van der Waals surface area contributed by atoms with E-state index in [-0.39, 0.29) is 0 Å². The molecule has 1 nitrogen and oxygen atoms in total.